The minimum absolute atomic E-state index is 0.132. The lowest BCUT2D eigenvalue weighted by atomic mass is 9.87. The molecule has 5 aromatic rings. The largest absolute Gasteiger partial charge is 0.494 e. The van der Waals surface area contributed by atoms with E-state index in [2.05, 4.69) is 90.2 Å². The van der Waals surface area contributed by atoms with Gasteiger partial charge >= 0.3 is 0 Å². The molecule has 6 rings (SSSR count). The number of hydrogen-bond acceptors (Lipinski definition) is 5. The first-order valence-electron chi connectivity index (χ1n) is 15.7. The Hall–Kier alpha value is -4.16. The highest BCUT2D eigenvalue weighted by atomic mass is 16.5. The van der Waals surface area contributed by atoms with Crippen LogP contribution in [0.1, 0.15) is 41.0 Å². The van der Waals surface area contributed by atoms with Gasteiger partial charge in [0.05, 0.1) is 32.5 Å². The smallest absolute Gasteiger partial charge is 0.125 e. The summed E-state index contributed by atoms with van der Waals surface area (Å²) in [6.07, 6.45) is 2.00. The third-order valence-corrected chi connectivity index (χ3v) is 8.18. The quantitative estimate of drug-likeness (QED) is 0.133. The second-order valence-corrected chi connectivity index (χ2v) is 11.3. The van der Waals surface area contributed by atoms with Crippen LogP contribution in [0.3, 0.4) is 0 Å². The summed E-state index contributed by atoms with van der Waals surface area (Å²) in [5.74, 6) is 2.11. The van der Waals surface area contributed by atoms with Crippen molar-refractivity contribution in [3.8, 4) is 11.5 Å². The molecule has 0 amide bonds. The molecule has 5 nitrogen and oxygen atoms in total. The van der Waals surface area contributed by atoms with Crippen molar-refractivity contribution >= 4 is 10.8 Å². The van der Waals surface area contributed by atoms with E-state index in [1.807, 2.05) is 36.4 Å². The van der Waals surface area contributed by atoms with E-state index in [1.165, 1.54) is 21.9 Å². The Labute approximate surface area is 260 Å². The molecular weight excluding hydrogens is 546 g/mol. The van der Waals surface area contributed by atoms with Gasteiger partial charge in [0.1, 0.15) is 18.1 Å². The van der Waals surface area contributed by atoms with Crippen molar-refractivity contribution in [2.75, 3.05) is 26.3 Å². The zero-order valence-electron chi connectivity index (χ0n) is 25.2. The van der Waals surface area contributed by atoms with Crippen molar-refractivity contribution in [3.63, 3.8) is 0 Å². The molecule has 0 spiro atoms. The van der Waals surface area contributed by atoms with Gasteiger partial charge in [-0.2, -0.15) is 0 Å². The van der Waals surface area contributed by atoms with Crippen molar-refractivity contribution < 1.29 is 18.9 Å². The topological polar surface area (TPSA) is 49.0 Å². The zero-order valence-corrected chi connectivity index (χ0v) is 25.2. The molecule has 1 fully saturated rings. The zero-order chi connectivity index (χ0) is 29.8. The number of rotatable bonds is 14. The molecule has 1 aliphatic heterocycles. The van der Waals surface area contributed by atoms with E-state index in [4.69, 9.17) is 18.9 Å². The van der Waals surface area contributed by atoms with E-state index in [0.717, 1.165) is 48.6 Å². The Bertz CT molecular complexity index is 1590. The molecule has 1 heterocycles. The van der Waals surface area contributed by atoms with Crippen LogP contribution in [-0.2, 0) is 29.3 Å². The first kappa shape index (κ1) is 29.9. The van der Waals surface area contributed by atoms with Gasteiger partial charge in [-0.3, -0.25) is 0 Å². The van der Waals surface area contributed by atoms with Gasteiger partial charge in [-0.25, -0.2) is 0 Å². The monoisotopic (exact) mass is 587 g/mol. The maximum atomic E-state index is 6.48. The number of piperidine rings is 1. The summed E-state index contributed by atoms with van der Waals surface area (Å²) in [4.78, 5) is 0. The van der Waals surface area contributed by atoms with E-state index < -0.39 is 0 Å². The summed E-state index contributed by atoms with van der Waals surface area (Å²) >= 11 is 0. The highest BCUT2D eigenvalue weighted by molar-refractivity contribution is 5.82. The van der Waals surface area contributed by atoms with Crippen LogP contribution < -0.4 is 14.8 Å². The van der Waals surface area contributed by atoms with Crippen LogP contribution in [0, 0.1) is 0 Å². The van der Waals surface area contributed by atoms with Gasteiger partial charge < -0.3 is 24.3 Å². The standard InChI is InChI=1S/C39H41NO4/c1-2-9-30(10-3-1)27-43-38-14-7-6-13-35(38)29-41-23-8-24-42-36-19-17-33(18-20-36)37-21-22-40-26-39(37)44-28-31-15-16-32-11-4-5-12-34(32)25-31/h1-7,9-20,25,37,39-40H,8,21-24,26-29H2. The van der Waals surface area contributed by atoms with E-state index in [1.54, 1.807) is 0 Å². The molecule has 0 saturated carbocycles. The molecule has 0 radical (unpaired) electrons. The van der Waals surface area contributed by atoms with Gasteiger partial charge in [-0.1, -0.05) is 97.1 Å². The molecule has 2 atom stereocenters. The van der Waals surface area contributed by atoms with Crippen LogP contribution >= 0.6 is 0 Å². The summed E-state index contributed by atoms with van der Waals surface area (Å²) in [5, 5.41) is 6.03. The normalized spacial score (nSPS) is 16.5. The molecule has 44 heavy (non-hydrogen) atoms. The average Bonchev–Trinajstić information content (AvgIpc) is 3.09. The van der Waals surface area contributed by atoms with E-state index >= 15 is 0 Å². The SMILES string of the molecule is c1ccc(COc2ccccc2COCCCOc2ccc(C3CCNCC3OCc3ccc4ccccc4c3)cc2)cc1. The summed E-state index contributed by atoms with van der Waals surface area (Å²) < 4.78 is 24.5. The van der Waals surface area contributed by atoms with E-state index in [0.29, 0.717) is 39.0 Å². The van der Waals surface area contributed by atoms with E-state index in [-0.39, 0.29) is 6.10 Å². The molecule has 0 aliphatic carbocycles. The van der Waals surface area contributed by atoms with Crippen molar-refractivity contribution in [1.29, 1.82) is 0 Å². The second-order valence-electron chi connectivity index (χ2n) is 11.3. The Morgan fingerprint density at radius 3 is 2.32 bits per heavy atom. The molecule has 1 saturated heterocycles. The first-order valence-corrected chi connectivity index (χ1v) is 15.7. The fourth-order valence-electron chi connectivity index (χ4n) is 5.76. The summed E-state index contributed by atoms with van der Waals surface area (Å²) in [6.45, 7) is 4.76. The van der Waals surface area contributed by atoms with Crippen LogP contribution in [0.15, 0.2) is 121 Å². The van der Waals surface area contributed by atoms with Crippen LogP contribution in [0.5, 0.6) is 11.5 Å². The summed E-state index contributed by atoms with van der Waals surface area (Å²) in [7, 11) is 0. The highest BCUT2D eigenvalue weighted by Crippen LogP contribution is 2.30. The fourth-order valence-corrected chi connectivity index (χ4v) is 5.76. The molecular formula is C39H41NO4. The lowest BCUT2D eigenvalue weighted by molar-refractivity contribution is 0.0106. The van der Waals surface area contributed by atoms with Crippen LogP contribution in [0.25, 0.3) is 10.8 Å². The van der Waals surface area contributed by atoms with Gasteiger partial charge in [0.2, 0.25) is 0 Å². The summed E-state index contributed by atoms with van der Waals surface area (Å²) in [5.41, 5.74) is 4.71. The molecule has 1 N–H and O–H groups in total. The van der Waals surface area contributed by atoms with Crippen molar-refractivity contribution in [2.45, 2.75) is 44.7 Å². The van der Waals surface area contributed by atoms with Gasteiger partial charge in [0, 0.05) is 24.4 Å². The molecule has 0 aromatic heterocycles. The Morgan fingerprint density at radius 1 is 0.636 bits per heavy atom. The number of ether oxygens (including phenoxy) is 4. The van der Waals surface area contributed by atoms with Crippen molar-refractivity contribution in [2.24, 2.45) is 0 Å². The third-order valence-electron chi connectivity index (χ3n) is 8.18. The van der Waals surface area contributed by atoms with Crippen molar-refractivity contribution in [1.82, 2.24) is 5.32 Å². The van der Waals surface area contributed by atoms with Crippen molar-refractivity contribution in [3.05, 3.63) is 144 Å². The molecule has 2 unspecified atom stereocenters. The maximum Gasteiger partial charge on any atom is 0.125 e. The predicted molar refractivity (Wildman–Crippen MR) is 176 cm³/mol. The Morgan fingerprint density at radius 2 is 1.43 bits per heavy atom. The van der Waals surface area contributed by atoms with Gasteiger partial charge in [0.25, 0.3) is 0 Å². The molecule has 0 bridgehead atoms. The number of para-hydroxylation sites is 1. The molecule has 226 valence electrons. The predicted octanol–water partition coefficient (Wildman–Crippen LogP) is 8.07. The second kappa shape index (κ2) is 15.5. The van der Waals surface area contributed by atoms with Gasteiger partial charge in [-0.05, 0) is 64.7 Å². The molecule has 1 aliphatic rings. The number of nitrogens with one attached hydrogen (secondary N) is 1. The maximum absolute atomic E-state index is 6.48. The Balaban J connectivity index is 0.929. The summed E-state index contributed by atoms with van der Waals surface area (Å²) in [6, 6.07) is 41.9. The Kier molecular flexibility index (Phi) is 10.6. The number of hydrogen-bond donors (Lipinski definition) is 1. The number of fused-ring (bicyclic) bond motifs is 1. The average molecular weight is 588 g/mol. The lowest BCUT2D eigenvalue weighted by Gasteiger charge is -2.32. The highest BCUT2D eigenvalue weighted by Gasteiger charge is 2.27. The lowest BCUT2D eigenvalue weighted by Crippen LogP contribution is -2.40. The minimum atomic E-state index is 0.132. The number of benzene rings is 5. The minimum Gasteiger partial charge on any atom is -0.494 e. The molecule has 5 aromatic carbocycles. The van der Waals surface area contributed by atoms with Crippen LogP contribution in [0.4, 0.5) is 0 Å². The van der Waals surface area contributed by atoms with Gasteiger partial charge in [-0.15, -0.1) is 0 Å². The van der Waals surface area contributed by atoms with Gasteiger partial charge in [0.15, 0.2) is 0 Å². The fraction of sp³-hybridized carbons (Fsp3) is 0.282. The van der Waals surface area contributed by atoms with Crippen LogP contribution in [-0.4, -0.2) is 32.4 Å². The van der Waals surface area contributed by atoms with E-state index in [9.17, 15) is 0 Å². The first-order chi connectivity index (χ1) is 21.8. The van der Waals surface area contributed by atoms with Crippen LogP contribution in [0.2, 0.25) is 0 Å². The third kappa shape index (κ3) is 8.26. The molecule has 5 heteroatoms.